The van der Waals surface area contributed by atoms with E-state index >= 15 is 0 Å². The quantitative estimate of drug-likeness (QED) is 0.719. The van der Waals surface area contributed by atoms with Crippen LogP contribution in [0.4, 0.5) is 0 Å². The van der Waals surface area contributed by atoms with Crippen LogP contribution in [0.1, 0.15) is 61.8 Å². The molecule has 30 heavy (non-hydrogen) atoms. The van der Waals surface area contributed by atoms with Gasteiger partial charge in [0.1, 0.15) is 22.9 Å². The van der Waals surface area contributed by atoms with E-state index in [4.69, 9.17) is 15.6 Å². The molecule has 0 radical (unpaired) electrons. The van der Waals surface area contributed by atoms with E-state index in [1.165, 1.54) is 17.2 Å². The maximum absolute atomic E-state index is 11.6. The molecule has 2 aromatic rings. The second-order valence-corrected chi connectivity index (χ2v) is 9.60. The molecule has 0 spiro atoms. The highest BCUT2D eigenvalue weighted by Crippen LogP contribution is 2.64. The molecule has 1 N–H and O–H groups in total. The molecular weight excluding hydrogens is 376 g/mol. The summed E-state index contributed by atoms with van der Waals surface area (Å²) in [7, 11) is 0. The van der Waals surface area contributed by atoms with Crippen molar-refractivity contribution in [1.29, 1.82) is 0 Å². The monoisotopic (exact) mass is 404 g/mol. The molecule has 2 fully saturated rings. The Hall–Kier alpha value is -2.51. The van der Waals surface area contributed by atoms with E-state index in [1.807, 2.05) is 6.07 Å². The molecule has 156 valence electrons. The lowest BCUT2D eigenvalue weighted by Gasteiger charge is -2.52. The Kier molecular flexibility index (Phi) is 4.38. The van der Waals surface area contributed by atoms with Crippen molar-refractivity contribution in [1.82, 2.24) is 0 Å². The number of terminal acetylenes is 1. The van der Waals surface area contributed by atoms with Gasteiger partial charge in [0.15, 0.2) is 0 Å². The highest BCUT2D eigenvalue weighted by Gasteiger charge is 2.61. The van der Waals surface area contributed by atoms with Crippen LogP contribution in [0.3, 0.4) is 0 Å². The second kappa shape index (κ2) is 6.75. The van der Waals surface area contributed by atoms with Crippen LogP contribution < -0.4 is 10.4 Å². The van der Waals surface area contributed by atoms with Crippen LogP contribution in [0.5, 0.6) is 11.5 Å². The van der Waals surface area contributed by atoms with Gasteiger partial charge >= 0.3 is 5.63 Å². The first-order valence-electron chi connectivity index (χ1n) is 11.0. The minimum atomic E-state index is -0.957. The molecular formula is C26H28O4. The summed E-state index contributed by atoms with van der Waals surface area (Å²) < 4.78 is 11.0. The molecule has 3 aliphatic rings. The van der Waals surface area contributed by atoms with Crippen molar-refractivity contribution in [3.8, 4) is 23.8 Å². The highest BCUT2D eigenvalue weighted by atomic mass is 16.5. The Morgan fingerprint density at radius 3 is 2.77 bits per heavy atom. The molecule has 1 aromatic carbocycles. The van der Waals surface area contributed by atoms with Crippen LogP contribution in [0.15, 0.2) is 39.5 Å². The lowest BCUT2D eigenvalue weighted by molar-refractivity contribution is -0.0646. The molecule has 5 atom stereocenters. The minimum absolute atomic E-state index is 0.171. The van der Waals surface area contributed by atoms with Gasteiger partial charge in [-0.15, -0.1) is 6.42 Å². The van der Waals surface area contributed by atoms with Crippen molar-refractivity contribution in [3.63, 3.8) is 0 Å². The van der Waals surface area contributed by atoms with Crippen molar-refractivity contribution < 1.29 is 14.3 Å². The van der Waals surface area contributed by atoms with Crippen molar-refractivity contribution in [2.24, 2.45) is 17.3 Å². The molecule has 1 heterocycles. The predicted molar refractivity (Wildman–Crippen MR) is 115 cm³/mol. The van der Waals surface area contributed by atoms with Gasteiger partial charge in [-0.2, -0.15) is 0 Å². The first-order chi connectivity index (χ1) is 14.3. The van der Waals surface area contributed by atoms with Crippen molar-refractivity contribution in [3.05, 3.63) is 57.6 Å². The Labute approximate surface area is 177 Å². The molecule has 0 amide bonds. The fourth-order valence-electron chi connectivity index (χ4n) is 6.65. The lowest BCUT2D eigenvalue weighted by atomic mass is 9.53. The fraction of sp³-hybridized carbons (Fsp3) is 0.500. The molecule has 2 saturated carbocycles. The maximum atomic E-state index is 11.6. The summed E-state index contributed by atoms with van der Waals surface area (Å²) in [5, 5.41) is 11.1. The van der Waals surface area contributed by atoms with Crippen LogP contribution in [-0.4, -0.2) is 10.7 Å². The fourth-order valence-corrected chi connectivity index (χ4v) is 6.65. The van der Waals surface area contributed by atoms with Gasteiger partial charge in [-0.1, -0.05) is 18.9 Å². The summed E-state index contributed by atoms with van der Waals surface area (Å²) in [5.41, 5.74) is 1.22. The number of fused-ring (bicyclic) bond motifs is 5. The first-order valence-corrected chi connectivity index (χ1v) is 11.0. The zero-order valence-corrected chi connectivity index (χ0v) is 17.6. The van der Waals surface area contributed by atoms with E-state index in [2.05, 4.69) is 25.0 Å². The van der Waals surface area contributed by atoms with Crippen LogP contribution in [0.25, 0.3) is 0 Å². The normalized spacial score (nSPS) is 34.4. The topological polar surface area (TPSA) is 59.7 Å². The zero-order chi connectivity index (χ0) is 21.1. The standard InChI is InChI=1S/C26H28O4/c1-4-26(28)12-10-23-22-7-5-17-14-18(30-19-13-16(2)29-24(27)15-19)6-8-20(17)21(22)9-11-25(23,26)3/h1,6,8,13-15,21-23,28H,5,7,9-12H2,2-3H3/t21-,22-,23+,25+,26+/m1/s1. The van der Waals surface area contributed by atoms with Gasteiger partial charge in [0.2, 0.25) is 0 Å². The van der Waals surface area contributed by atoms with Gasteiger partial charge in [0, 0.05) is 11.5 Å². The minimum Gasteiger partial charge on any atom is -0.457 e. The molecule has 0 unspecified atom stereocenters. The number of hydrogen-bond acceptors (Lipinski definition) is 4. The summed E-state index contributed by atoms with van der Waals surface area (Å²) in [6.45, 7) is 3.95. The van der Waals surface area contributed by atoms with E-state index in [0.29, 0.717) is 29.3 Å². The van der Waals surface area contributed by atoms with E-state index in [0.717, 1.165) is 44.3 Å². The average molecular weight is 405 g/mol. The van der Waals surface area contributed by atoms with Gasteiger partial charge in [0.25, 0.3) is 0 Å². The number of aliphatic hydroxyl groups is 1. The Balaban J connectivity index is 1.42. The van der Waals surface area contributed by atoms with Gasteiger partial charge in [-0.05, 0) is 86.5 Å². The van der Waals surface area contributed by atoms with Gasteiger partial charge in [0.05, 0.1) is 6.07 Å². The summed E-state index contributed by atoms with van der Waals surface area (Å²) in [6.07, 6.45) is 11.7. The molecule has 0 bridgehead atoms. The van der Waals surface area contributed by atoms with Gasteiger partial charge < -0.3 is 14.3 Å². The third kappa shape index (κ3) is 2.83. The van der Waals surface area contributed by atoms with Crippen LogP contribution in [0.2, 0.25) is 0 Å². The number of aryl methyl sites for hydroxylation is 2. The Morgan fingerprint density at radius 2 is 2.00 bits per heavy atom. The lowest BCUT2D eigenvalue weighted by Crippen LogP contribution is -2.50. The van der Waals surface area contributed by atoms with E-state index < -0.39 is 11.2 Å². The number of rotatable bonds is 2. The van der Waals surface area contributed by atoms with Gasteiger partial charge in [-0.25, -0.2) is 4.79 Å². The maximum Gasteiger partial charge on any atom is 0.339 e. The van der Waals surface area contributed by atoms with Crippen molar-refractivity contribution >= 4 is 0 Å². The average Bonchev–Trinajstić information content (AvgIpc) is 2.98. The Morgan fingerprint density at radius 1 is 1.17 bits per heavy atom. The van der Waals surface area contributed by atoms with Crippen LogP contribution >= 0.6 is 0 Å². The van der Waals surface area contributed by atoms with Crippen LogP contribution in [-0.2, 0) is 6.42 Å². The van der Waals surface area contributed by atoms with Crippen LogP contribution in [0, 0.1) is 36.5 Å². The third-order valence-electron chi connectivity index (χ3n) is 8.19. The SMILES string of the molecule is C#C[C@]1(O)CC[C@H]2[C@@H]3CCc4cc(Oc5cc(C)oc(=O)c5)ccc4[C@H]3CC[C@@]21C. The first kappa shape index (κ1) is 19.5. The molecule has 5 rings (SSSR count). The molecule has 0 aliphatic heterocycles. The number of hydrogen-bond donors (Lipinski definition) is 1. The molecule has 0 saturated heterocycles. The van der Waals surface area contributed by atoms with Gasteiger partial charge in [-0.3, -0.25) is 0 Å². The molecule has 3 aliphatic carbocycles. The third-order valence-corrected chi connectivity index (χ3v) is 8.19. The predicted octanol–water partition coefficient (Wildman–Crippen LogP) is 4.96. The summed E-state index contributed by atoms with van der Waals surface area (Å²) in [6, 6.07) is 9.43. The molecule has 4 heteroatoms. The largest absolute Gasteiger partial charge is 0.457 e. The number of benzene rings is 1. The number of ether oxygens (including phenoxy) is 1. The smallest absolute Gasteiger partial charge is 0.339 e. The second-order valence-electron chi connectivity index (χ2n) is 9.60. The zero-order valence-electron chi connectivity index (χ0n) is 17.6. The van der Waals surface area contributed by atoms with E-state index in [9.17, 15) is 9.90 Å². The summed E-state index contributed by atoms with van der Waals surface area (Å²) >= 11 is 0. The molecule has 1 aromatic heterocycles. The van der Waals surface area contributed by atoms with Crippen molar-refractivity contribution in [2.45, 2.75) is 63.9 Å². The van der Waals surface area contributed by atoms with Crippen molar-refractivity contribution in [2.75, 3.05) is 0 Å². The van der Waals surface area contributed by atoms with E-state index in [-0.39, 0.29) is 5.41 Å². The van der Waals surface area contributed by atoms with E-state index in [1.54, 1.807) is 13.0 Å². The highest BCUT2D eigenvalue weighted by molar-refractivity contribution is 5.42. The molecule has 4 nitrogen and oxygen atoms in total. The Bertz CT molecular complexity index is 1090. The summed E-state index contributed by atoms with van der Waals surface area (Å²) in [5.74, 6) is 6.11. The summed E-state index contributed by atoms with van der Waals surface area (Å²) in [4.78, 5) is 11.6.